The molecule has 0 aliphatic heterocycles. The summed E-state index contributed by atoms with van der Waals surface area (Å²) in [6, 6.07) is 28.7. The maximum Gasteiger partial charge on any atom is 0.0346 e. The van der Waals surface area contributed by atoms with E-state index in [0.717, 1.165) is 42.4 Å². The Hall–Kier alpha value is -4.89. The first-order chi connectivity index (χ1) is 21.6. The summed E-state index contributed by atoms with van der Waals surface area (Å²) < 4.78 is 0. The molecule has 1 aromatic heterocycles. The second-order valence-corrected chi connectivity index (χ2v) is 11.3. The van der Waals surface area contributed by atoms with Gasteiger partial charge in [0.25, 0.3) is 0 Å². The zero-order chi connectivity index (χ0) is 30.7. The first-order valence-electron chi connectivity index (χ1n) is 15.5. The summed E-state index contributed by atoms with van der Waals surface area (Å²) in [6.07, 6.45) is 20.0. The number of nitrogens with zero attached hydrogens (tertiary/aromatic N) is 3. The van der Waals surface area contributed by atoms with Crippen molar-refractivity contribution in [1.82, 2.24) is 4.98 Å². The Balaban J connectivity index is 1.57. The molecule has 0 amide bonds. The Morgan fingerprint density at radius 1 is 0.909 bits per heavy atom. The average molecular weight is 576 g/mol. The molecule has 3 nitrogen and oxygen atoms in total. The minimum absolute atomic E-state index is 0.433. The van der Waals surface area contributed by atoms with Crippen LogP contribution in [0.15, 0.2) is 143 Å². The lowest BCUT2D eigenvalue weighted by atomic mass is 9.80. The van der Waals surface area contributed by atoms with Gasteiger partial charge in [-0.3, -0.25) is 15.0 Å². The first kappa shape index (κ1) is 30.6. The van der Waals surface area contributed by atoms with E-state index in [-0.39, 0.29) is 0 Å². The monoisotopic (exact) mass is 575 g/mol. The molecule has 4 aromatic rings. The molecule has 0 bridgehead atoms. The van der Waals surface area contributed by atoms with Crippen molar-refractivity contribution in [2.75, 3.05) is 7.05 Å². The molecule has 0 spiro atoms. The summed E-state index contributed by atoms with van der Waals surface area (Å²) in [7, 11) is 1.77. The lowest BCUT2D eigenvalue weighted by molar-refractivity contribution is 0.599. The van der Waals surface area contributed by atoms with Crippen LogP contribution in [-0.4, -0.2) is 24.5 Å². The molecule has 1 atom stereocenters. The number of aromatic nitrogens is 1. The number of allylic oxidation sites excluding steroid dienone is 6. The van der Waals surface area contributed by atoms with Crippen LogP contribution in [-0.2, 0) is 0 Å². The third kappa shape index (κ3) is 7.73. The highest BCUT2D eigenvalue weighted by molar-refractivity contribution is 5.83. The minimum Gasteiger partial charge on any atom is -0.297 e. The maximum absolute atomic E-state index is 4.50. The largest absolute Gasteiger partial charge is 0.297 e. The van der Waals surface area contributed by atoms with Crippen molar-refractivity contribution in [2.24, 2.45) is 9.98 Å². The fourth-order valence-electron chi connectivity index (χ4n) is 5.74. The third-order valence-corrected chi connectivity index (χ3v) is 8.15. The van der Waals surface area contributed by atoms with Gasteiger partial charge in [-0.2, -0.15) is 0 Å². The fourth-order valence-corrected chi connectivity index (χ4v) is 5.74. The van der Waals surface area contributed by atoms with Gasteiger partial charge in [0.2, 0.25) is 0 Å². The quantitative estimate of drug-likeness (QED) is 0.137. The summed E-state index contributed by atoms with van der Waals surface area (Å²) in [5.74, 6) is 0.433. The van der Waals surface area contributed by atoms with Gasteiger partial charge in [-0.1, -0.05) is 80.3 Å². The van der Waals surface area contributed by atoms with Gasteiger partial charge >= 0.3 is 0 Å². The molecule has 0 N–H and O–H groups in total. The minimum atomic E-state index is 0.433. The van der Waals surface area contributed by atoms with Gasteiger partial charge in [0.15, 0.2) is 0 Å². The number of hydrogen-bond donors (Lipinski definition) is 0. The van der Waals surface area contributed by atoms with Crippen molar-refractivity contribution < 1.29 is 0 Å². The maximum atomic E-state index is 4.50. The molecule has 1 heterocycles. The van der Waals surface area contributed by atoms with Crippen LogP contribution in [0.2, 0.25) is 0 Å². The van der Waals surface area contributed by atoms with Gasteiger partial charge in [0.1, 0.15) is 0 Å². The second-order valence-electron chi connectivity index (χ2n) is 11.3. The van der Waals surface area contributed by atoms with E-state index in [1.807, 2.05) is 43.0 Å². The van der Waals surface area contributed by atoms with Crippen LogP contribution in [0, 0.1) is 0 Å². The van der Waals surface area contributed by atoms with E-state index in [1.54, 1.807) is 13.3 Å². The number of benzene rings is 3. The zero-order valence-electron chi connectivity index (χ0n) is 26.1. The number of rotatable bonds is 10. The molecule has 44 heavy (non-hydrogen) atoms. The molecule has 5 rings (SSSR count). The molecular weight excluding hydrogens is 534 g/mol. The first-order valence-corrected chi connectivity index (χ1v) is 15.5. The average Bonchev–Trinajstić information content (AvgIpc) is 3.09. The van der Waals surface area contributed by atoms with Crippen LogP contribution >= 0.6 is 0 Å². The molecule has 1 aliphatic carbocycles. The molecule has 0 radical (unpaired) electrons. The molecule has 1 unspecified atom stereocenters. The van der Waals surface area contributed by atoms with Gasteiger partial charge in [0.05, 0.1) is 0 Å². The molecule has 0 saturated carbocycles. The Morgan fingerprint density at radius 3 is 2.34 bits per heavy atom. The van der Waals surface area contributed by atoms with Crippen LogP contribution in [0.3, 0.4) is 0 Å². The lowest BCUT2D eigenvalue weighted by Gasteiger charge is -2.25. The van der Waals surface area contributed by atoms with Crippen molar-refractivity contribution in [3.05, 3.63) is 145 Å². The van der Waals surface area contributed by atoms with Crippen molar-refractivity contribution >= 4 is 18.0 Å². The predicted octanol–water partition coefficient (Wildman–Crippen LogP) is 10.9. The lowest BCUT2D eigenvalue weighted by Crippen LogP contribution is -2.07. The molecule has 0 fully saturated rings. The Kier molecular flexibility index (Phi) is 10.4. The van der Waals surface area contributed by atoms with E-state index in [2.05, 4.69) is 114 Å². The van der Waals surface area contributed by atoms with Crippen molar-refractivity contribution in [1.29, 1.82) is 0 Å². The highest BCUT2D eigenvalue weighted by Gasteiger charge is 2.20. The van der Waals surface area contributed by atoms with Crippen LogP contribution < -0.4 is 0 Å². The van der Waals surface area contributed by atoms with Gasteiger partial charge in [-0.15, -0.1) is 0 Å². The van der Waals surface area contributed by atoms with E-state index in [9.17, 15) is 0 Å². The van der Waals surface area contributed by atoms with Gasteiger partial charge in [0, 0.05) is 43.6 Å². The zero-order valence-corrected chi connectivity index (χ0v) is 26.1. The summed E-state index contributed by atoms with van der Waals surface area (Å²) in [5, 5.41) is 0. The predicted molar refractivity (Wildman–Crippen MR) is 190 cm³/mol. The van der Waals surface area contributed by atoms with Crippen LogP contribution in [0.1, 0.15) is 56.6 Å². The third-order valence-electron chi connectivity index (χ3n) is 8.15. The van der Waals surface area contributed by atoms with Crippen molar-refractivity contribution in [2.45, 2.75) is 45.4 Å². The van der Waals surface area contributed by atoms with Crippen molar-refractivity contribution in [3.8, 4) is 33.4 Å². The van der Waals surface area contributed by atoms with Gasteiger partial charge in [-0.25, -0.2) is 0 Å². The van der Waals surface area contributed by atoms with Crippen LogP contribution in [0.4, 0.5) is 0 Å². The highest BCUT2D eigenvalue weighted by Crippen LogP contribution is 2.40. The Morgan fingerprint density at radius 2 is 1.61 bits per heavy atom. The normalized spacial score (nSPS) is 15.8. The molecule has 3 heteroatoms. The Labute approximate surface area is 262 Å². The topological polar surface area (TPSA) is 37.6 Å². The van der Waals surface area contributed by atoms with Crippen molar-refractivity contribution in [3.63, 3.8) is 0 Å². The SMILES string of the molecule is C=C(/C=C\C=N/C)c1cccc(-c2cc(-c3cccc(-c4cccnc4)c3)cc(C3CCC=C(/C(C)=C/N=C\CC)C3)c2)c1. The molecular formula is C41H41N3. The summed E-state index contributed by atoms with van der Waals surface area (Å²) in [5.41, 5.74) is 13.2. The van der Waals surface area contributed by atoms with Gasteiger partial charge in [-0.05, 0) is 125 Å². The van der Waals surface area contributed by atoms with Crippen LogP contribution in [0.5, 0.6) is 0 Å². The van der Waals surface area contributed by atoms with E-state index in [0.29, 0.717) is 5.92 Å². The highest BCUT2D eigenvalue weighted by atomic mass is 14.7. The van der Waals surface area contributed by atoms with E-state index >= 15 is 0 Å². The number of hydrogen-bond acceptors (Lipinski definition) is 3. The van der Waals surface area contributed by atoms with E-state index in [4.69, 9.17) is 0 Å². The molecule has 0 saturated heterocycles. The molecule has 220 valence electrons. The van der Waals surface area contributed by atoms with E-state index in [1.165, 1.54) is 44.5 Å². The Bertz CT molecular complexity index is 1750. The molecule has 3 aromatic carbocycles. The standard InChI is InChI=1S/C41H41N3/c1-5-19-43-28-31(3)33-13-7-16-36(23-33)40-25-39(35-15-6-12-32(22-35)30(2)11-9-20-42-4)26-41(27-40)37-17-8-14-34(24-37)38-18-10-21-44-29-38/h6,8-15,17-22,24-29,36H,2,5,7,16,23H2,1,3-4H3/b11-9-,31-28+,42-20-,43-19-. The summed E-state index contributed by atoms with van der Waals surface area (Å²) in [4.78, 5) is 12.9. The summed E-state index contributed by atoms with van der Waals surface area (Å²) >= 11 is 0. The van der Waals surface area contributed by atoms with Crippen LogP contribution in [0.25, 0.3) is 39.0 Å². The smallest absolute Gasteiger partial charge is 0.0346 e. The molecule has 1 aliphatic rings. The van der Waals surface area contributed by atoms with E-state index < -0.39 is 0 Å². The fraction of sp³-hybridized carbons (Fsp3) is 0.195. The summed E-state index contributed by atoms with van der Waals surface area (Å²) in [6.45, 7) is 8.60. The van der Waals surface area contributed by atoms with Gasteiger partial charge < -0.3 is 0 Å². The number of aliphatic imine (C=N–C) groups is 2. The number of pyridine rings is 1. The second kappa shape index (κ2) is 15.0.